The van der Waals surface area contributed by atoms with Gasteiger partial charge in [-0.1, -0.05) is 0 Å². The van der Waals surface area contributed by atoms with Crippen molar-refractivity contribution in [1.82, 2.24) is 0 Å². The summed E-state index contributed by atoms with van der Waals surface area (Å²) in [5.74, 6) is 0.688. The van der Waals surface area contributed by atoms with Crippen LogP contribution in [-0.4, -0.2) is 58.9 Å². The van der Waals surface area contributed by atoms with E-state index in [0.717, 1.165) is 6.42 Å². The third-order valence-electron chi connectivity index (χ3n) is 2.04. The van der Waals surface area contributed by atoms with E-state index in [9.17, 15) is 10.2 Å². The highest BCUT2D eigenvalue weighted by Gasteiger charge is 2.37. The van der Waals surface area contributed by atoms with E-state index in [1.807, 2.05) is 0 Å². The Kier molecular flexibility index (Phi) is 5.14. The van der Waals surface area contributed by atoms with E-state index in [4.69, 9.17) is 14.6 Å². The van der Waals surface area contributed by atoms with Crippen molar-refractivity contribution in [3.63, 3.8) is 0 Å². The fourth-order valence-electron chi connectivity index (χ4n) is 1.19. The van der Waals surface area contributed by atoms with Crippen LogP contribution in [0, 0.1) is 0 Å². The van der Waals surface area contributed by atoms with Crippen molar-refractivity contribution in [2.75, 3.05) is 19.0 Å². The Morgan fingerprint density at radius 3 is 2.64 bits per heavy atom. The van der Waals surface area contributed by atoms with E-state index in [-0.39, 0.29) is 6.61 Å². The third-order valence-corrected chi connectivity index (χ3v) is 2.36. The van der Waals surface area contributed by atoms with Gasteiger partial charge in [-0.3, -0.25) is 0 Å². The van der Waals surface area contributed by atoms with Gasteiger partial charge in [-0.15, -0.1) is 0 Å². The molecule has 0 aromatic rings. The highest BCUT2D eigenvalue weighted by atomic mass is 32.1. The van der Waals surface area contributed by atoms with Crippen LogP contribution < -0.4 is 0 Å². The highest BCUT2D eigenvalue weighted by molar-refractivity contribution is 7.80. The molecule has 1 aliphatic heterocycles. The molecule has 84 valence electrons. The molecular formula is C8H16O5S. The number of hydrogen-bond acceptors (Lipinski definition) is 6. The van der Waals surface area contributed by atoms with Crippen LogP contribution >= 0.6 is 12.6 Å². The third kappa shape index (κ3) is 3.08. The zero-order chi connectivity index (χ0) is 10.6. The van der Waals surface area contributed by atoms with Gasteiger partial charge >= 0.3 is 0 Å². The van der Waals surface area contributed by atoms with E-state index in [1.165, 1.54) is 0 Å². The average Bonchev–Trinajstić information content (AvgIpc) is 2.18. The molecule has 0 spiro atoms. The van der Waals surface area contributed by atoms with Gasteiger partial charge in [-0.2, -0.15) is 12.6 Å². The van der Waals surface area contributed by atoms with Crippen LogP contribution in [0.5, 0.6) is 0 Å². The molecule has 1 aliphatic rings. The van der Waals surface area contributed by atoms with Gasteiger partial charge in [0.25, 0.3) is 0 Å². The number of thiol groups is 1. The van der Waals surface area contributed by atoms with Crippen LogP contribution in [0.25, 0.3) is 0 Å². The molecule has 0 amide bonds. The van der Waals surface area contributed by atoms with Gasteiger partial charge in [0.15, 0.2) is 6.29 Å². The molecule has 1 fully saturated rings. The van der Waals surface area contributed by atoms with E-state index >= 15 is 0 Å². The lowest BCUT2D eigenvalue weighted by molar-refractivity contribution is -0.269. The van der Waals surface area contributed by atoms with Gasteiger partial charge in [0, 0.05) is 0 Å². The topological polar surface area (TPSA) is 79.2 Å². The van der Waals surface area contributed by atoms with Crippen LogP contribution in [0.15, 0.2) is 0 Å². The molecule has 3 N–H and O–H groups in total. The maximum absolute atomic E-state index is 9.43. The summed E-state index contributed by atoms with van der Waals surface area (Å²) in [5.41, 5.74) is 0. The predicted octanol–water partition coefficient (Wildman–Crippen LogP) is -1.24. The molecule has 0 aliphatic carbocycles. The molecule has 5 nitrogen and oxygen atoms in total. The molecule has 14 heavy (non-hydrogen) atoms. The fraction of sp³-hybridized carbons (Fsp3) is 1.00. The molecule has 6 heteroatoms. The van der Waals surface area contributed by atoms with Gasteiger partial charge < -0.3 is 24.8 Å². The summed E-state index contributed by atoms with van der Waals surface area (Å²) < 4.78 is 10.2. The Labute approximate surface area is 88.1 Å². The second kappa shape index (κ2) is 5.89. The smallest absolute Gasteiger partial charge is 0.186 e. The van der Waals surface area contributed by atoms with Crippen LogP contribution in [0.1, 0.15) is 6.42 Å². The number of hydrogen-bond donors (Lipinski definition) is 4. The summed E-state index contributed by atoms with van der Waals surface area (Å²) in [5, 5.41) is 27.9. The van der Waals surface area contributed by atoms with Gasteiger partial charge in [-0.25, -0.2) is 0 Å². The van der Waals surface area contributed by atoms with Gasteiger partial charge in [0.2, 0.25) is 0 Å². The number of rotatable bonds is 4. The zero-order valence-electron chi connectivity index (χ0n) is 7.74. The SMILES string of the molecule is OC1COC(OCCCS)C(O)C1O. The Bertz CT molecular complexity index is 168. The summed E-state index contributed by atoms with van der Waals surface area (Å²) in [7, 11) is 0. The molecule has 0 saturated carbocycles. The van der Waals surface area contributed by atoms with Crippen LogP contribution in [-0.2, 0) is 9.47 Å². The summed E-state index contributed by atoms with van der Waals surface area (Å²) in [6, 6.07) is 0. The standard InChI is InChI=1S/C8H16O5S/c9-5-4-13-8(7(11)6(5)10)12-2-1-3-14/h5-11,14H,1-4H2. The molecule has 1 heterocycles. The first-order valence-corrected chi connectivity index (χ1v) is 5.18. The molecule has 0 radical (unpaired) electrons. The Morgan fingerprint density at radius 2 is 2.00 bits per heavy atom. The molecule has 0 aromatic heterocycles. The number of aliphatic hydroxyl groups is 3. The molecule has 0 aromatic carbocycles. The average molecular weight is 224 g/mol. The lowest BCUT2D eigenvalue weighted by atomic mass is 10.1. The lowest BCUT2D eigenvalue weighted by Crippen LogP contribution is -2.53. The Morgan fingerprint density at radius 1 is 1.29 bits per heavy atom. The van der Waals surface area contributed by atoms with Crippen molar-refractivity contribution in [2.45, 2.75) is 31.0 Å². The normalized spacial score (nSPS) is 38.6. The molecule has 1 saturated heterocycles. The predicted molar refractivity (Wildman–Crippen MR) is 52.2 cm³/mol. The monoisotopic (exact) mass is 224 g/mol. The maximum Gasteiger partial charge on any atom is 0.186 e. The zero-order valence-corrected chi connectivity index (χ0v) is 8.64. The summed E-state index contributed by atoms with van der Waals surface area (Å²) in [6.07, 6.45) is -3.56. The Balaban J connectivity index is 2.31. The Hall–Kier alpha value is 0.150. The van der Waals surface area contributed by atoms with Crippen LogP contribution in [0.2, 0.25) is 0 Å². The van der Waals surface area contributed by atoms with Crippen molar-refractivity contribution in [1.29, 1.82) is 0 Å². The van der Waals surface area contributed by atoms with Gasteiger partial charge in [-0.05, 0) is 12.2 Å². The summed E-state index contributed by atoms with van der Waals surface area (Å²) in [6.45, 7) is 0.387. The minimum Gasteiger partial charge on any atom is -0.388 e. The van der Waals surface area contributed by atoms with Crippen LogP contribution in [0.4, 0.5) is 0 Å². The molecule has 4 unspecified atom stereocenters. The molecule has 4 atom stereocenters. The minimum absolute atomic E-state index is 0.0240. The van der Waals surface area contributed by atoms with Crippen molar-refractivity contribution < 1.29 is 24.8 Å². The second-order valence-corrected chi connectivity index (χ2v) is 3.65. The number of ether oxygens (including phenoxy) is 2. The van der Waals surface area contributed by atoms with Gasteiger partial charge in [0.05, 0.1) is 13.2 Å². The van der Waals surface area contributed by atoms with Gasteiger partial charge in [0.1, 0.15) is 18.3 Å². The second-order valence-electron chi connectivity index (χ2n) is 3.20. The van der Waals surface area contributed by atoms with Crippen LogP contribution in [0.3, 0.4) is 0 Å². The van der Waals surface area contributed by atoms with E-state index in [2.05, 4.69) is 12.6 Å². The molecule has 0 bridgehead atoms. The maximum atomic E-state index is 9.43. The van der Waals surface area contributed by atoms with E-state index in [1.54, 1.807) is 0 Å². The fourth-order valence-corrected chi connectivity index (χ4v) is 1.32. The van der Waals surface area contributed by atoms with Crippen molar-refractivity contribution in [3.05, 3.63) is 0 Å². The highest BCUT2D eigenvalue weighted by Crippen LogP contribution is 2.16. The van der Waals surface area contributed by atoms with Crippen molar-refractivity contribution in [2.24, 2.45) is 0 Å². The first kappa shape index (κ1) is 12.2. The molecule has 1 rings (SSSR count). The first-order valence-electron chi connectivity index (χ1n) is 4.55. The summed E-state index contributed by atoms with van der Waals surface area (Å²) in [4.78, 5) is 0. The van der Waals surface area contributed by atoms with Crippen molar-refractivity contribution in [3.8, 4) is 0 Å². The lowest BCUT2D eigenvalue weighted by Gasteiger charge is -2.34. The molecular weight excluding hydrogens is 208 g/mol. The number of aliphatic hydroxyl groups excluding tert-OH is 3. The summed E-state index contributed by atoms with van der Waals surface area (Å²) >= 11 is 4.00. The van der Waals surface area contributed by atoms with E-state index < -0.39 is 24.6 Å². The quantitative estimate of drug-likeness (QED) is 0.355. The largest absolute Gasteiger partial charge is 0.388 e. The van der Waals surface area contributed by atoms with E-state index in [0.29, 0.717) is 12.4 Å². The minimum atomic E-state index is -1.20. The first-order chi connectivity index (χ1) is 6.66. The van der Waals surface area contributed by atoms with Crippen molar-refractivity contribution >= 4 is 12.6 Å².